The minimum absolute atomic E-state index is 0.308. The number of benzene rings is 1. The molecule has 3 heterocycles. The molecule has 0 aliphatic carbocycles. The Morgan fingerprint density at radius 1 is 1.07 bits per heavy atom. The summed E-state index contributed by atoms with van der Waals surface area (Å²) in [6, 6.07) is 11.5. The maximum atomic E-state index is 13.2. The van der Waals surface area contributed by atoms with Crippen LogP contribution in [0.25, 0.3) is 22.3 Å². The van der Waals surface area contributed by atoms with E-state index >= 15 is 0 Å². The van der Waals surface area contributed by atoms with Gasteiger partial charge in [0.2, 0.25) is 0 Å². The smallest absolute Gasteiger partial charge is 0.340 e. The van der Waals surface area contributed by atoms with Gasteiger partial charge in [0.25, 0.3) is 0 Å². The Labute approximate surface area is 159 Å². The molecular formula is C20H14FN5O2. The normalized spacial score (nSPS) is 10.6. The van der Waals surface area contributed by atoms with E-state index in [1.54, 1.807) is 36.7 Å². The fraction of sp³-hybridized carbons (Fsp3) is 0.0500. The fourth-order valence-electron chi connectivity index (χ4n) is 2.72. The van der Waals surface area contributed by atoms with E-state index in [4.69, 9.17) is 4.74 Å². The Morgan fingerprint density at radius 3 is 2.68 bits per heavy atom. The van der Waals surface area contributed by atoms with Crippen LogP contribution in [0.1, 0.15) is 10.4 Å². The number of nitrogens with one attached hydrogen (secondary N) is 1. The van der Waals surface area contributed by atoms with Gasteiger partial charge < -0.3 is 10.1 Å². The van der Waals surface area contributed by atoms with Crippen molar-refractivity contribution in [2.75, 3.05) is 12.4 Å². The number of anilines is 2. The van der Waals surface area contributed by atoms with Gasteiger partial charge in [-0.3, -0.25) is 4.98 Å². The largest absolute Gasteiger partial charge is 0.465 e. The monoisotopic (exact) mass is 375 g/mol. The number of fused-ring (bicyclic) bond motifs is 1. The van der Waals surface area contributed by atoms with E-state index in [1.807, 2.05) is 6.07 Å². The molecule has 4 aromatic rings. The summed E-state index contributed by atoms with van der Waals surface area (Å²) in [5.74, 6) is 0.256. The average Bonchev–Trinajstić information content (AvgIpc) is 2.75. The molecular weight excluding hydrogens is 361 g/mol. The Hall–Kier alpha value is -3.94. The molecule has 0 radical (unpaired) electrons. The van der Waals surface area contributed by atoms with Gasteiger partial charge in [-0.2, -0.15) is 0 Å². The summed E-state index contributed by atoms with van der Waals surface area (Å²) in [7, 11) is 1.31. The number of esters is 1. The molecule has 0 unspecified atom stereocenters. The molecule has 0 aliphatic rings. The number of hydrogen-bond acceptors (Lipinski definition) is 7. The number of hydrogen-bond donors (Lipinski definition) is 1. The van der Waals surface area contributed by atoms with Crippen LogP contribution in [0, 0.1) is 5.82 Å². The Kier molecular flexibility index (Phi) is 4.59. The third-order valence-corrected chi connectivity index (χ3v) is 4.03. The van der Waals surface area contributed by atoms with Crippen LogP contribution in [0.4, 0.5) is 16.0 Å². The van der Waals surface area contributed by atoms with Crippen molar-refractivity contribution in [1.82, 2.24) is 19.9 Å². The van der Waals surface area contributed by atoms with E-state index in [0.717, 1.165) is 6.20 Å². The maximum absolute atomic E-state index is 13.2. The molecule has 0 saturated heterocycles. The van der Waals surface area contributed by atoms with Gasteiger partial charge in [0.05, 0.1) is 24.4 Å². The molecule has 0 fully saturated rings. The van der Waals surface area contributed by atoms with Crippen LogP contribution in [-0.4, -0.2) is 33.0 Å². The number of nitrogens with zero attached hydrogens (tertiary/aromatic N) is 4. The molecule has 0 aliphatic heterocycles. The second-order valence-corrected chi connectivity index (χ2v) is 5.82. The number of halogens is 1. The first-order chi connectivity index (χ1) is 13.7. The molecule has 0 atom stereocenters. The highest BCUT2D eigenvalue weighted by Gasteiger charge is 2.17. The molecule has 0 amide bonds. The lowest BCUT2D eigenvalue weighted by molar-refractivity contribution is 0.0603. The van der Waals surface area contributed by atoms with Crippen molar-refractivity contribution in [1.29, 1.82) is 0 Å². The van der Waals surface area contributed by atoms with Crippen LogP contribution in [0.2, 0.25) is 0 Å². The average molecular weight is 375 g/mol. The number of rotatable bonds is 4. The minimum Gasteiger partial charge on any atom is -0.465 e. The van der Waals surface area contributed by atoms with Gasteiger partial charge in [0.1, 0.15) is 17.5 Å². The SMILES string of the molecule is COC(=O)c1cccc2c(Nc3ccc(F)cn3)nc(-c3cccnc3)nc12. The predicted molar refractivity (Wildman–Crippen MR) is 102 cm³/mol. The van der Waals surface area contributed by atoms with E-state index in [2.05, 4.69) is 25.3 Å². The number of carbonyl (C=O) groups excluding carboxylic acids is 1. The molecule has 0 bridgehead atoms. The van der Waals surface area contributed by atoms with Crippen molar-refractivity contribution >= 4 is 28.5 Å². The molecule has 1 aromatic carbocycles. The van der Waals surface area contributed by atoms with Crippen LogP contribution in [0.5, 0.6) is 0 Å². The van der Waals surface area contributed by atoms with E-state index in [9.17, 15) is 9.18 Å². The zero-order valence-electron chi connectivity index (χ0n) is 14.8. The number of para-hydroxylation sites is 1. The van der Waals surface area contributed by atoms with Crippen LogP contribution >= 0.6 is 0 Å². The number of methoxy groups -OCH3 is 1. The van der Waals surface area contributed by atoms with Crippen LogP contribution in [-0.2, 0) is 4.74 Å². The summed E-state index contributed by atoms with van der Waals surface area (Å²) in [5.41, 5.74) is 1.41. The topological polar surface area (TPSA) is 89.9 Å². The summed E-state index contributed by atoms with van der Waals surface area (Å²) in [4.78, 5) is 29.4. The third-order valence-electron chi connectivity index (χ3n) is 4.03. The van der Waals surface area contributed by atoms with Crippen molar-refractivity contribution in [3.8, 4) is 11.4 Å². The lowest BCUT2D eigenvalue weighted by Gasteiger charge is -2.12. The molecule has 1 N–H and O–H groups in total. The van der Waals surface area contributed by atoms with Crippen molar-refractivity contribution in [3.63, 3.8) is 0 Å². The summed E-state index contributed by atoms with van der Waals surface area (Å²) < 4.78 is 18.0. The second-order valence-electron chi connectivity index (χ2n) is 5.82. The summed E-state index contributed by atoms with van der Waals surface area (Å²) >= 11 is 0. The molecule has 0 spiro atoms. The standard InChI is InChI=1S/C20H14FN5O2/c1-28-20(27)15-6-2-5-14-17(15)25-18(12-4-3-9-22-10-12)26-19(14)24-16-8-7-13(21)11-23-16/h2-11H,1H3,(H,23,24,25,26). The van der Waals surface area contributed by atoms with Crippen molar-refractivity contribution in [2.24, 2.45) is 0 Å². The van der Waals surface area contributed by atoms with E-state index < -0.39 is 11.8 Å². The van der Waals surface area contributed by atoms with Gasteiger partial charge in [-0.15, -0.1) is 0 Å². The van der Waals surface area contributed by atoms with Gasteiger partial charge in [0.15, 0.2) is 5.82 Å². The highest BCUT2D eigenvalue weighted by molar-refractivity contribution is 6.06. The molecule has 4 rings (SSSR count). The first-order valence-electron chi connectivity index (χ1n) is 8.34. The quantitative estimate of drug-likeness (QED) is 0.543. The molecule has 7 nitrogen and oxygen atoms in total. The van der Waals surface area contributed by atoms with Crippen molar-refractivity contribution < 1.29 is 13.9 Å². The highest BCUT2D eigenvalue weighted by atomic mass is 19.1. The van der Waals surface area contributed by atoms with Gasteiger partial charge in [-0.1, -0.05) is 6.07 Å². The maximum Gasteiger partial charge on any atom is 0.340 e. The first-order valence-corrected chi connectivity index (χ1v) is 8.34. The molecule has 28 heavy (non-hydrogen) atoms. The Morgan fingerprint density at radius 2 is 1.96 bits per heavy atom. The highest BCUT2D eigenvalue weighted by Crippen LogP contribution is 2.29. The van der Waals surface area contributed by atoms with Gasteiger partial charge >= 0.3 is 5.97 Å². The summed E-state index contributed by atoms with van der Waals surface area (Å²) in [5, 5.41) is 3.67. The number of aromatic nitrogens is 4. The molecule has 0 saturated carbocycles. The summed E-state index contributed by atoms with van der Waals surface area (Å²) in [6.07, 6.45) is 4.38. The number of carbonyl (C=O) groups is 1. The van der Waals surface area contributed by atoms with Crippen LogP contribution < -0.4 is 5.32 Å². The minimum atomic E-state index is -0.507. The van der Waals surface area contributed by atoms with Gasteiger partial charge in [0, 0.05) is 23.3 Å². The predicted octanol–water partition coefficient (Wildman–Crippen LogP) is 3.76. The Bertz CT molecular complexity index is 1150. The number of pyridine rings is 2. The molecule has 138 valence electrons. The van der Waals surface area contributed by atoms with Crippen LogP contribution in [0.3, 0.4) is 0 Å². The fourth-order valence-corrected chi connectivity index (χ4v) is 2.72. The Balaban J connectivity index is 1.93. The lowest BCUT2D eigenvalue weighted by atomic mass is 10.1. The van der Waals surface area contributed by atoms with E-state index in [-0.39, 0.29) is 0 Å². The van der Waals surface area contributed by atoms with Crippen molar-refractivity contribution in [2.45, 2.75) is 0 Å². The first kappa shape index (κ1) is 17.5. The molecule has 8 heteroatoms. The van der Waals surface area contributed by atoms with E-state index in [0.29, 0.717) is 39.5 Å². The van der Waals surface area contributed by atoms with E-state index in [1.165, 1.54) is 19.2 Å². The summed E-state index contributed by atoms with van der Waals surface area (Å²) in [6.45, 7) is 0. The third kappa shape index (κ3) is 3.35. The molecule has 3 aromatic heterocycles. The zero-order chi connectivity index (χ0) is 19.5. The van der Waals surface area contributed by atoms with Gasteiger partial charge in [-0.25, -0.2) is 24.1 Å². The zero-order valence-corrected chi connectivity index (χ0v) is 14.8. The van der Waals surface area contributed by atoms with Crippen LogP contribution in [0.15, 0.2) is 61.1 Å². The van der Waals surface area contributed by atoms with Crippen molar-refractivity contribution in [3.05, 3.63) is 72.4 Å². The lowest BCUT2D eigenvalue weighted by Crippen LogP contribution is -2.06. The second kappa shape index (κ2) is 7.36. The van der Waals surface area contributed by atoms with Gasteiger partial charge in [-0.05, 0) is 36.4 Å². The number of ether oxygens (including phenoxy) is 1.